The van der Waals surface area contributed by atoms with Crippen LogP contribution in [0.3, 0.4) is 0 Å². The number of carbonyl (C=O) groups excluding carboxylic acids is 2. The van der Waals surface area contributed by atoms with Crippen LogP contribution in [0.5, 0.6) is 0 Å². The van der Waals surface area contributed by atoms with E-state index in [0.29, 0.717) is 6.54 Å². The first-order valence-electron chi connectivity index (χ1n) is 10.7. The van der Waals surface area contributed by atoms with E-state index in [-0.39, 0.29) is 18.5 Å². The number of nitrogens with one attached hydrogen (secondary N) is 2. The van der Waals surface area contributed by atoms with Gasteiger partial charge in [0.25, 0.3) is 0 Å². The number of amides is 2. The maximum Gasteiger partial charge on any atom is 0.407 e. The molecular weight excluding hydrogens is 356 g/mol. The maximum atomic E-state index is 12.1. The Labute approximate surface area is 172 Å². The van der Waals surface area contributed by atoms with Crippen LogP contribution in [-0.2, 0) is 9.53 Å². The van der Waals surface area contributed by atoms with Crippen LogP contribution in [0.15, 0.2) is 6.20 Å². The van der Waals surface area contributed by atoms with Gasteiger partial charge in [0.05, 0.1) is 13.2 Å². The minimum Gasteiger partial charge on any atom is -0.453 e. The average molecular weight is 401 g/mol. The molecule has 0 aromatic carbocycles. The van der Waals surface area contributed by atoms with Crippen LogP contribution in [0.1, 0.15) is 92.2 Å². The molecule has 2 N–H and O–H groups in total. The number of imidazole rings is 1. The molecule has 1 aromatic heterocycles. The normalized spacial score (nSPS) is 13.8. The molecule has 1 aromatic rings. The number of alkyl carbamates (subject to hydrolysis) is 1. The summed E-state index contributed by atoms with van der Waals surface area (Å²) in [6.45, 7) is 18.8. The van der Waals surface area contributed by atoms with Gasteiger partial charge in [-0.15, -0.1) is 0 Å². The lowest BCUT2D eigenvalue weighted by molar-refractivity contribution is -0.131. The molecule has 28 heavy (non-hydrogen) atoms. The Bertz CT molecular complexity index is 490. The molecule has 1 aliphatic rings. The Morgan fingerprint density at radius 1 is 1.21 bits per heavy atom. The van der Waals surface area contributed by atoms with Crippen LogP contribution in [0, 0.1) is 6.92 Å². The summed E-state index contributed by atoms with van der Waals surface area (Å²) in [4.78, 5) is 32.2. The van der Waals surface area contributed by atoms with E-state index >= 15 is 0 Å². The summed E-state index contributed by atoms with van der Waals surface area (Å²) in [5.41, 5.74) is 0.974. The Morgan fingerprint density at radius 3 is 2.18 bits per heavy atom. The predicted molar refractivity (Wildman–Crippen MR) is 117 cm³/mol. The molecule has 2 rings (SSSR count). The minimum atomic E-state index is -0.599. The fourth-order valence-corrected chi connectivity index (χ4v) is 2.27. The van der Waals surface area contributed by atoms with Crippen LogP contribution < -0.4 is 5.32 Å². The Kier molecular flexibility index (Phi) is 23.3. The molecule has 2 heterocycles. The summed E-state index contributed by atoms with van der Waals surface area (Å²) in [6, 6.07) is -0.0272. The standard InChI is InChI=1S/C12H18N4O3.C3H8.3C2H6/c1-8-6-13-11(15-8)9-4-3-5-16(9)10(17)7-14-12(18)19-2;1-3-2;3*1-2/h6,9H,3-5,7H2,1-2H3,(H,13,15)(H,14,18);3H2,1-2H3;3*1-2H3/t9-;;;;/m0..../s1. The van der Waals surface area contributed by atoms with Crippen molar-refractivity contribution in [2.24, 2.45) is 0 Å². The van der Waals surface area contributed by atoms with Crippen molar-refractivity contribution in [1.82, 2.24) is 20.2 Å². The molecule has 7 nitrogen and oxygen atoms in total. The number of likely N-dealkylation sites (tertiary alicyclic amines) is 1. The maximum absolute atomic E-state index is 12.1. The second-order valence-corrected chi connectivity index (χ2v) is 5.25. The van der Waals surface area contributed by atoms with Gasteiger partial charge in [-0.3, -0.25) is 4.79 Å². The van der Waals surface area contributed by atoms with Crippen molar-refractivity contribution in [2.75, 3.05) is 20.2 Å². The van der Waals surface area contributed by atoms with Gasteiger partial charge in [0.1, 0.15) is 12.4 Å². The number of nitrogens with zero attached hydrogens (tertiary/aromatic N) is 2. The van der Waals surface area contributed by atoms with Crippen molar-refractivity contribution in [2.45, 2.75) is 87.6 Å². The van der Waals surface area contributed by atoms with Crippen LogP contribution in [0.4, 0.5) is 4.79 Å². The van der Waals surface area contributed by atoms with Gasteiger partial charge < -0.3 is 19.9 Å². The van der Waals surface area contributed by atoms with Gasteiger partial charge in [0, 0.05) is 18.4 Å². The number of hydrogen-bond acceptors (Lipinski definition) is 4. The first-order valence-corrected chi connectivity index (χ1v) is 10.7. The van der Waals surface area contributed by atoms with Gasteiger partial charge >= 0.3 is 6.09 Å². The lowest BCUT2D eigenvalue weighted by atomic mass is 10.2. The number of rotatable bonds is 3. The fraction of sp³-hybridized carbons (Fsp3) is 0.762. The highest BCUT2D eigenvalue weighted by Gasteiger charge is 2.31. The smallest absolute Gasteiger partial charge is 0.407 e. The van der Waals surface area contributed by atoms with E-state index in [1.54, 1.807) is 11.1 Å². The van der Waals surface area contributed by atoms with E-state index in [0.717, 1.165) is 24.4 Å². The van der Waals surface area contributed by atoms with Gasteiger partial charge in [-0.05, 0) is 19.8 Å². The van der Waals surface area contributed by atoms with Crippen LogP contribution in [0.2, 0.25) is 0 Å². The number of aromatic nitrogens is 2. The van der Waals surface area contributed by atoms with Gasteiger partial charge in [-0.25, -0.2) is 9.78 Å². The molecule has 0 unspecified atom stereocenters. The third kappa shape index (κ3) is 12.4. The zero-order valence-corrected chi connectivity index (χ0v) is 19.8. The monoisotopic (exact) mass is 400 g/mol. The molecule has 0 saturated carbocycles. The van der Waals surface area contributed by atoms with Crippen molar-refractivity contribution in [3.63, 3.8) is 0 Å². The van der Waals surface area contributed by atoms with Crippen molar-refractivity contribution >= 4 is 12.0 Å². The van der Waals surface area contributed by atoms with Crippen LogP contribution >= 0.6 is 0 Å². The topological polar surface area (TPSA) is 87.3 Å². The van der Waals surface area contributed by atoms with E-state index in [4.69, 9.17) is 0 Å². The molecule has 1 fully saturated rings. The molecule has 1 saturated heterocycles. The lowest BCUT2D eigenvalue weighted by Gasteiger charge is -2.23. The lowest BCUT2D eigenvalue weighted by Crippen LogP contribution is -2.40. The average Bonchev–Trinajstić information content (AvgIpc) is 3.40. The summed E-state index contributed by atoms with van der Waals surface area (Å²) in [7, 11) is 1.27. The third-order valence-electron chi connectivity index (χ3n) is 3.18. The molecular formula is C21H44N4O3. The summed E-state index contributed by atoms with van der Waals surface area (Å²) in [5.74, 6) is 0.684. The second-order valence-electron chi connectivity index (χ2n) is 5.25. The molecule has 0 radical (unpaired) electrons. The molecule has 2 amide bonds. The highest BCUT2D eigenvalue weighted by Crippen LogP contribution is 2.29. The van der Waals surface area contributed by atoms with Gasteiger partial charge in [0.15, 0.2) is 0 Å². The number of hydrogen-bond donors (Lipinski definition) is 2. The third-order valence-corrected chi connectivity index (χ3v) is 3.18. The molecule has 166 valence electrons. The number of aryl methyl sites for hydroxylation is 1. The predicted octanol–water partition coefficient (Wildman–Crippen LogP) is 5.23. The fourth-order valence-electron chi connectivity index (χ4n) is 2.27. The van der Waals surface area contributed by atoms with Gasteiger partial charge in [0.2, 0.25) is 5.91 Å². The Morgan fingerprint density at radius 2 is 1.75 bits per heavy atom. The van der Waals surface area contributed by atoms with E-state index in [2.05, 4.69) is 33.9 Å². The first kappa shape index (κ1) is 30.7. The molecule has 0 bridgehead atoms. The quantitative estimate of drug-likeness (QED) is 0.727. The van der Waals surface area contributed by atoms with E-state index < -0.39 is 6.09 Å². The molecule has 1 aliphatic heterocycles. The number of ether oxygens (including phenoxy) is 1. The zero-order valence-electron chi connectivity index (χ0n) is 19.8. The Balaban J connectivity index is -0.000000604. The number of H-pyrrole nitrogens is 1. The number of methoxy groups -OCH3 is 1. The van der Waals surface area contributed by atoms with E-state index in [1.807, 2.05) is 48.5 Å². The highest BCUT2D eigenvalue weighted by molar-refractivity contribution is 5.82. The Hall–Kier alpha value is -2.05. The molecule has 0 spiro atoms. The zero-order chi connectivity index (χ0) is 22.5. The van der Waals surface area contributed by atoms with E-state index in [9.17, 15) is 9.59 Å². The van der Waals surface area contributed by atoms with Gasteiger partial charge in [-0.1, -0.05) is 61.8 Å². The largest absolute Gasteiger partial charge is 0.453 e. The van der Waals surface area contributed by atoms with Crippen LogP contribution in [0.25, 0.3) is 0 Å². The highest BCUT2D eigenvalue weighted by atomic mass is 16.5. The minimum absolute atomic E-state index is 0.0272. The van der Waals surface area contributed by atoms with Crippen molar-refractivity contribution < 1.29 is 14.3 Å². The van der Waals surface area contributed by atoms with Crippen molar-refractivity contribution in [1.29, 1.82) is 0 Å². The SMILES string of the molecule is CC.CC.CC.CCC.COC(=O)NCC(=O)N1CCC[C@H]1c1ncc(C)[nH]1. The summed E-state index contributed by atoms with van der Waals surface area (Å²) >= 11 is 0. The van der Waals surface area contributed by atoms with Crippen LogP contribution in [-0.4, -0.2) is 47.1 Å². The summed E-state index contributed by atoms with van der Waals surface area (Å²) in [6.07, 6.45) is 4.23. The molecule has 7 heteroatoms. The summed E-state index contributed by atoms with van der Waals surface area (Å²) in [5, 5.41) is 2.40. The first-order chi connectivity index (χ1) is 13.5. The second kappa shape index (κ2) is 21.3. The summed E-state index contributed by atoms with van der Waals surface area (Å²) < 4.78 is 4.44. The van der Waals surface area contributed by atoms with Crippen molar-refractivity contribution in [3.8, 4) is 0 Å². The van der Waals surface area contributed by atoms with Crippen molar-refractivity contribution in [3.05, 3.63) is 17.7 Å². The van der Waals surface area contributed by atoms with E-state index in [1.165, 1.54) is 13.5 Å². The van der Waals surface area contributed by atoms with Gasteiger partial charge in [-0.2, -0.15) is 0 Å². The molecule has 1 atom stereocenters. The number of aromatic amines is 1. The number of carbonyl (C=O) groups is 2. The molecule has 0 aliphatic carbocycles.